The first-order valence-electron chi connectivity index (χ1n) is 4.21. The Hall–Kier alpha value is -0.940. The first kappa shape index (κ1) is 8.65. The maximum atomic E-state index is 11.2. The highest BCUT2D eigenvalue weighted by Crippen LogP contribution is 2.38. The second-order valence-electron chi connectivity index (χ2n) is 3.27. The highest BCUT2D eigenvalue weighted by Gasteiger charge is 2.58. The van der Waals surface area contributed by atoms with Crippen LogP contribution < -0.4 is 0 Å². The van der Waals surface area contributed by atoms with E-state index in [1.165, 1.54) is 0 Å². The molecule has 5 heteroatoms. The molecular formula is C8H10O5. The molecular weight excluding hydrogens is 176 g/mol. The van der Waals surface area contributed by atoms with Crippen LogP contribution in [-0.4, -0.2) is 35.9 Å². The highest BCUT2D eigenvalue weighted by atomic mass is 16.7. The molecule has 2 atom stereocenters. The van der Waals surface area contributed by atoms with Crippen LogP contribution in [0.15, 0.2) is 0 Å². The van der Waals surface area contributed by atoms with Crippen molar-refractivity contribution in [2.45, 2.75) is 18.6 Å². The zero-order chi connectivity index (χ0) is 9.47. The van der Waals surface area contributed by atoms with E-state index in [1.807, 2.05) is 0 Å². The van der Waals surface area contributed by atoms with Crippen molar-refractivity contribution < 1.29 is 24.2 Å². The van der Waals surface area contributed by atoms with Crippen LogP contribution in [0.1, 0.15) is 12.8 Å². The smallest absolute Gasteiger partial charge is 0.365 e. The van der Waals surface area contributed by atoms with E-state index in [0.29, 0.717) is 13.0 Å². The lowest BCUT2D eigenvalue weighted by Crippen LogP contribution is -2.50. The Labute approximate surface area is 74.6 Å². The first-order chi connectivity index (χ1) is 6.17. The lowest BCUT2D eigenvalue weighted by atomic mass is 9.90. The van der Waals surface area contributed by atoms with Gasteiger partial charge in [-0.2, -0.15) is 0 Å². The van der Waals surface area contributed by atoms with Gasteiger partial charge in [0.1, 0.15) is 6.61 Å². The minimum Gasteiger partial charge on any atom is -0.477 e. The van der Waals surface area contributed by atoms with Gasteiger partial charge in [0.2, 0.25) is 0 Å². The van der Waals surface area contributed by atoms with Crippen LogP contribution >= 0.6 is 0 Å². The number of carbonyl (C=O) groups excluding carboxylic acids is 1. The third-order valence-electron chi connectivity index (χ3n) is 2.53. The van der Waals surface area contributed by atoms with Gasteiger partial charge in [0.05, 0.1) is 12.5 Å². The molecule has 1 N–H and O–H groups in total. The van der Waals surface area contributed by atoms with Crippen LogP contribution in [0.4, 0.5) is 0 Å². The lowest BCUT2D eigenvalue weighted by Gasteiger charge is -2.32. The topological polar surface area (TPSA) is 72.8 Å². The van der Waals surface area contributed by atoms with Gasteiger partial charge in [-0.15, -0.1) is 0 Å². The number of aliphatic carboxylic acids is 1. The normalized spacial score (nSPS) is 38.8. The monoisotopic (exact) mass is 186 g/mol. The Kier molecular flexibility index (Phi) is 1.85. The number of carbonyl (C=O) groups is 2. The SMILES string of the molecule is O=C1CO[C@@]2(C(=O)O)OCCC[C@@H]12. The number of ether oxygens (including phenoxy) is 2. The van der Waals surface area contributed by atoms with E-state index in [0.717, 1.165) is 6.42 Å². The molecule has 0 spiro atoms. The van der Waals surface area contributed by atoms with E-state index in [-0.39, 0.29) is 12.4 Å². The summed E-state index contributed by atoms with van der Waals surface area (Å²) in [6.45, 7) is 0.201. The zero-order valence-corrected chi connectivity index (χ0v) is 6.99. The fourth-order valence-corrected chi connectivity index (χ4v) is 1.87. The number of fused-ring (bicyclic) bond motifs is 1. The molecule has 0 saturated carbocycles. The molecule has 2 aliphatic heterocycles. The Morgan fingerprint density at radius 1 is 1.54 bits per heavy atom. The molecule has 2 saturated heterocycles. The Bertz CT molecular complexity index is 261. The maximum Gasteiger partial charge on any atom is 0.365 e. The van der Waals surface area contributed by atoms with Crippen molar-refractivity contribution in [1.82, 2.24) is 0 Å². The standard InChI is InChI=1S/C8H10O5/c9-6-4-13-8(7(10)11)5(6)2-1-3-12-8/h5H,1-4H2,(H,10,11)/t5-,8-/m0/s1. The molecule has 72 valence electrons. The Balaban J connectivity index is 2.32. The van der Waals surface area contributed by atoms with Gasteiger partial charge in [-0.25, -0.2) is 4.79 Å². The van der Waals surface area contributed by atoms with Gasteiger partial charge >= 0.3 is 5.97 Å². The number of carboxylic acids is 1. The maximum absolute atomic E-state index is 11.2. The molecule has 0 aliphatic carbocycles. The van der Waals surface area contributed by atoms with E-state index in [2.05, 4.69) is 0 Å². The van der Waals surface area contributed by atoms with Crippen LogP contribution in [0.2, 0.25) is 0 Å². The van der Waals surface area contributed by atoms with Crippen molar-refractivity contribution in [2.24, 2.45) is 5.92 Å². The van der Waals surface area contributed by atoms with E-state index >= 15 is 0 Å². The van der Waals surface area contributed by atoms with Crippen molar-refractivity contribution in [3.63, 3.8) is 0 Å². The van der Waals surface area contributed by atoms with Gasteiger partial charge in [-0.1, -0.05) is 0 Å². The molecule has 0 bridgehead atoms. The Morgan fingerprint density at radius 3 is 2.92 bits per heavy atom. The predicted molar refractivity (Wildman–Crippen MR) is 40.0 cm³/mol. The largest absolute Gasteiger partial charge is 0.477 e. The fraction of sp³-hybridized carbons (Fsp3) is 0.750. The van der Waals surface area contributed by atoms with Crippen molar-refractivity contribution in [3.05, 3.63) is 0 Å². The third-order valence-corrected chi connectivity index (χ3v) is 2.53. The van der Waals surface area contributed by atoms with Gasteiger partial charge in [0, 0.05) is 0 Å². The molecule has 0 aromatic carbocycles. The van der Waals surface area contributed by atoms with Crippen LogP contribution in [-0.2, 0) is 19.1 Å². The predicted octanol–water partition coefficient (Wildman–Crippen LogP) is -0.207. The number of carboxylic acid groups (broad SMARTS) is 1. The van der Waals surface area contributed by atoms with Gasteiger partial charge in [-0.3, -0.25) is 4.79 Å². The van der Waals surface area contributed by atoms with Gasteiger partial charge in [0.25, 0.3) is 5.79 Å². The van der Waals surface area contributed by atoms with Gasteiger partial charge < -0.3 is 14.6 Å². The average molecular weight is 186 g/mol. The lowest BCUT2D eigenvalue weighted by molar-refractivity contribution is -0.251. The van der Waals surface area contributed by atoms with Crippen LogP contribution in [0.5, 0.6) is 0 Å². The zero-order valence-electron chi connectivity index (χ0n) is 6.99. The molecule has 0 aromatic rings. The molecule has 5 nitrogen and oxygen atoms in total. The van der Waals surface area contributed by atoms with Crippen molar-refractivity contribution in [2.75, 3.05) is 13.2 Å². The summed E-state index contributed by atoms with van der Waals surface area (Å²) in [7, 11) is 0. The summed E-state index contributed by atoms with van der Waals surface area (Å²) in [5.41, 5.74) is 0. The summed E-state index contributed by atoms with van der Waals surface area (Å²) in [4.78, 5) is 22.2. The highest BCUT2D eigenvalue weighted by molar-refractivity contribution is 5.93. The summed E-state index contributed by atoms with van der Waals surface area (Å²) < 4.78 is 10.0. The van der Waals surface area contributed by atoms with Crippen LogP contribution in [0.3, 0.4) is 0 Å². The molecule has 2 aliphatic rings. The van der Waals surface area contributed by atoms with Crippen molar-refractivity contribution in [3.8, 4) is 0 Å². The molecule has 2 rings (SSSR count). The molecule has 13 heavy (non-hydrogen) atoms. The number of ketones is 1. The molecule has 2 heterocycles. The second kappa shape index (κ2) is 2.78. The number of rotatable bonds is 1. The number of hydrogen-bond donors (Lipinski definition) is 1. The quantitative estimate of drug-likeness (QED) is 0.613. The average Bonchev–Trinajstić information content (AvgIpc) is 2.46. The van der Waals surface area contributed by atoms with Crippen LogP contribution in [0, 0.1) is 5.92 Å². The molecule has 0 aromatic heterocycles. The number of Topliss-reactive ketones (excluding diaryl/α,β-unsaturated/α-hetero) is 1. The van der Waals surface area contributed by atoms with E-state index in [9.17, 15) is 9.59 Å². The first-order valence-corrected chi connectivity index (χ1v) is 4.21. The van der Waals surface area contributed by atoms with Gasteiger partial charge in [0.15, 0.2) is 5.78 Å². The summed E-state index contributed by atoms with van der Waals surface area (Å²) >= 11 is 0. The summed E-state index contributed by atoms with van der Waals surface area (Å²) in [6.07, 6.45) is 1.26. The fourth-order valence-electron chi connectivity index (χ4n) is 1.87. The van der Waals surface area contributed by atoms with Crippen molar-refractivity contribution in [1.29, 1.82) is 0 Å². The van der Waals surface area contributed by atoms with E-state index in [1.54, 1.807) is 0 Å². The van der Waals surface area contributed by atoms with E-state index < -0.39 is 17.7 Å². The molecule has 2 fully saturated rings. The summed E-state index contributed by atoms with van der Waals surface area (Å²) in [6, 6.07) is 0. The molecule has 0 radical (unpaired) electrons. The second-order valence-corrected chi connectivity index (χ2v) is 3.27. The Morgan fingerprint density at radius 2 is 2.31 bits per heavy atom. The minimum atomic E-state index is -1.67. The summed E-state index contributed by atoms with van der Waals surface area (Å²) in [5.74, 6) is -3.64. The number of hydrogen-bond acceptors (Lipinski definition) is 4. The third kappa shape index (κ3) is 1.08. The minimum absolute atomic E-state index is 0.142. The molecule has 0 unspecified atom stereocenters. The summed E-state index contributed by atoms with van der Waals surface area (Å²) in [5, 5.41) is 8.91. The van der Waals surface area contributed by atoms with Crippen LogP contribution in [0.25, 0.3) is 0 Å². The van der Waals surface area contributed by atoms with Crippen molar-refractivity contribution >= 4 is 11.8 Å². The molecule has 0 amide bonds. The van der Waals surface area contributed by atoms with E-state index in [4.69, 9.17) is 14.6 Å². The van der Waals surface area contributed by atoms with Gasteiger partial charge in [-0.05, 0) is 12.8 Å².